The minimum Gasteiger partial charge on any atom is -0.349 e. The molecule has 3 aromatic rings. The minimum atomic E-state index is -3.89. The van der Waals surface area contributed by atoms with Gasteiger partial charge >= 0.3 is 0 Å². The number of fused-ring (bicyclic) bond motifs is 1. The van der Waals surface area contributed by atoms with Gasteiger partial charge in [-0.2, -0.15) is 0 Å². The first kappa shape index (κ1) is 23.3. The van der Waals surface area contributed by atoms with E-state index in [1.165, 1.54) is 16.2 Å². The van der Waals surface area contributed by atoms with E-state index in [-0.39, 0.29) is 16.0 Å². The number of nitrogens with one attached hydrogen (secondary N) is 1. The highest BCUT2D eigenvalue weighted by Crippen LogP contribution is 2.25. The zero-order valence-corrected chi connectivity index (χ0v) is 21.3. The fourth-order valence-corrected chi connectivity index (χ4v) is 5.60. The van der Waals surface area contributed by atoms with E-state index in [0.717, 1.165) is 5.56 Å². The molecule has 0 saturated carbocycles. The third-order valence-electron chi connectivity index (χ3n) is 5.49. The maximum absolute atomic E-state index is 13.5. The van der Waals surface area contributed by atoms with Gasteiger partial charge in [0.1, 0.15) is 0 Å². The Bertz CT molecular complexity index is 1560. The number of hydrogen-bond acceptors (Lipinski definition) is 5. The van der Waals surface area contributed by atoms with E-state index in [9.17, 15) is 13.2 Å². The quantitative estimate of drug-likeness (QED) is 0.562. The van der Waals surface area contributed by atoms with Gasteiger partial charge in [-0.05, 0) is 45.9 Å². The Kier molecular flexibility index (Phi) is 5.74. The Labute approximate surface area is 201 Å². The predicted molar refractivity (Wildman–Crippen MR) is 135 cm³/mol. The van der Waals surface area contributed by atoms with Crippen molar-refractivity contribution in [2.75, 3.05) is 5.32 Å². The molecule has 9 heteroatoms. The number of rotatable bonds is 4. The molecule has 1 aromatic carbocycles. The molecule has 33 heavy (non-hydrogen) atoms. The first-order valence-electron chi connectivity index (χ1n) is 10.4. The molecule has 0 amide bonds. The second-order valence-corrected chi connectivity index (χ2v) is 11.6. The Morgan fingerprint density at radius 2 is 1.94 bits per heavy atom. The molecule has 0 unspecified atom stereocenters. The maximum atomic E-state index is 13.5. The van der Waals surface area contributed by atoms with Crippen molar-refractivity contribution >= 4 is 44.1 Å². The van der Waals surface area contributed by atoms with Crippen molar-refractivity contribution in [1.82, 2.24) is 13.5 Å². The number of benzene rings is 1. The van der Waals surface area contributed by atoms with Gasteiger partial charge in [-0.1, -0.05) is 46.3 Å². The van der Waals surface area contributed by atoms with Crippen LogP contribution in [0.15, 0.2) is 57.3 Å². The van der Waals surface area contributed by atoms with E-state index in [0.29, 0.717) is 38.8 Å². The summed E-state index contributed by atoms with van der Waals surface area (Å²) < 4.78 is 30.5. The molecule has 7 nitrogen and oxygen atoms in total. The van der Waals surface area contributed by atoms with Crippen LogP contribution in [0.4, 0.5) is 5.95 Å². The van der Waals surface area contributed by atoms with Crippen molar-refractivity contribution < 1.29 is 8.42 Å². The smallest absolute Gasteiger partial charge is 0.268 e. The van der Waals surface area contributed by atoms with Crippen molar-refractivity contribution in [3.8, 4) is 11.3 Å². The second kappa shape index (κ2) is 8.14. The molecular formula is C24H25BrN4O3S. The number of anilines is 1. The minimum absolute atomic E-state index is 0.173. The van der Waals surface area contributed by atoms with Gasteiger partial charge in [0, 0.05) is 27.5 Å². The van der Waals surface area contributed by atoms with E-state index in [1.807, 2.05) is 20.8 Å². The molecule has 0 aliphatic carbocycles. The molecule has 0 fully saturated rings. The summed E-state index contributed by atoms with van der Waals surface area (Å²) in [6, 6.07) is 8.14. The lowest BCUT2D eigenvalue weighted by atomic mass is 10.1. The molecule has 4 rings (SSSR count). The monoisotopic (exact) mass is 528 g/mol. The lowest BCUT2D eigenvalue weighted by Gasteiger charge is -2.15. The van der Waals surface area contributed by atoms with Crippen molar-refractivity contribution in [3.05, 3.63) is 74.1 Å². The molecule has 0 radical (unpaired) electrons. The molecule has 0 bridgehead atoms. The molecule has 0 spiro atoms. The average molecular weight is 529 g/mol. The zero-order chi connectivity index (χ0) is 24.1. The first-order valence-corrected chi connectivity index (χ1v) is 12.6. The van der Waals surface area contributed by atoms with Crippen LogP contribution in [-0.2, 0) is 16.6 Å². The number of aryl methyl sites for hydroxylation is 1. The highest BCUT2D eigenvalue weighted by molar-refractivity contribution is 9.12. The van der Waals surface area contributed by atoms with Crippen molar-refractivity contribution in [2.45, 2.75) is 44.7 Å². The molecule has 0 atom stereocenters. The number of nitrogens with zero attached hydrogens (tertiary/aromatic N) is 3. The lowest BCUT2D eigenvalue weighted by molar-refractivity contribution is 0.517. The molecule has 1 aliphatic rings. The number of halogens is 1. The van der Waals surface area contributed by atoms with E-state index >= 15 is 0 Å². The van der Waals surface area contributed by atoms with Crippen LogP contribution in [0.2, 0.25) is 0 Å². The lowest BCUT2D eigenvalue weighted by Crippen LogP contribution is -2.33. The highest BCUT2D eigenvalue weighted by atomic mass is 79.9. The number of aromatic nitrogens is 3. The third-order valence-corrected chi connectivity index (χ3v) is 7.41. The van der Waals surface area contributed by atoms with E-state index in [1.54, 1.807) is 47.9 Å². The molecule has 0 saturated heterocycles. The van der Waals surface area contributed by atoms with Gasteiger partial charge in [0.2, 0.25) is 5.95 Å². The fraction of sp³-hybridized carbons (Fsp3) is 0.250. The van der Waals surface area contributed by atoms with Gasteiger partial charge in [0.15, 0.2) is 0 Å². The molecule has 1 N–H and O–H groups in total. The van der Waals surface area contributed by atoms with Gasteiger partial charge < -0.3 is 5.32 Å². The number of allylic oxidation sites excluding steroid dienone is 1. The largest absolute Gasteiger partial charge is 0.349 e. The summed E-state index contributed by atoms with van der Waals surface area (Å²) in [5, 5.41) is 4.32. The summed E-state index contributed by atoms with van der Waals surface area (Å²) in [7, 11) is -3.89. The molecule has 3 heterocycles. The van der Waals surface area contributed by atoms with Crippen LogP contribution in [0, 0.1) is 6.92 Å². The van der Waals surface area contributed by atoms with Crippen LogP contribution in [0.1, 0.15) is 26.3 Å². The maximum Gasteiger partial charge on any atom is 0.268 e. The van der Waals surface area contributed by atoms with E-state index < -0.39 is 10.0 Å². The van der Waals surface area contributed by atoms with Gasteiger partial charge in [-0.15, -0.1) is 0 Å². The van der Waals surface area contributed by atoms with E-state index in [4.69, 9.17) is 0 Å². The number of hydrogen-bond donors (Lipinski definition) is 1. The SMILES string of the molecule is C=C(Br)C=c1c(-c2cc(=O)n3c(n2)NC(C)(C)C3)cn(S(=O)(=O)c2ccc(C)cc2)c1=CC. The Hall–Kier alpha value is -2.91. The normalized spacial score (nSPS) is 16.0. The summed E-state index contributed by atoms with van der Waals surface area (Å²) in [5.74, 6) is 0.460. The average Bonchev–Trinajstić information content (AvgIpc) is 3.24. The van der Waals surface area contributed by atoms with Crippen LogP contribution in [0.5, 0.6) is 0 Å². The first-order chi connectivity index (χ1) is 15.4. The molecule has 1 aliphatic heterocycles. The Morgan fingerprint density at radius 3 is 2.55 bits per heavy atom. The standard InChI is InChI=1S/C24H25BrN4O3S/c1-6-21-18(11-16(3)25)19(13-29(21)33(31,32)17-9-7-15(2)8-10-17)20-12-22(30)28-14-24(4,5)27-23(28)26-20/h6-13H,3,14H2,1-2,4-5H3,(H,26,27). The van der Waals surface area contributed by atoms with Crippen molar-refractivity contribution in [2.24, 2.45) is 0 Å². The van der Waals surface area contributed by atoms with Gasteiger partial charge in [-0.3, -0.25) is 9.36 Å². The van der Waals surface area contributed by atoms with Crippen molar-refractivity contribution in [1.29, 1.82) is 0 Å². The topological polar surface area (TPSA) is 86.0 Å². The Balaban J connectivity index is 2.02. The highest BCUT2D eigenvalue weighted by Gasteiger charge is 2.30. The predicted octanol–water partition coefficient (Wildman–Crippen LogP) is 2.95. The molecule has 172 valence electrons. The van der Waals surface area contributed by atoms with Crippen LogP contribution in [0.25, 0.3) is 23.4 Å². The summed E-state index contributed by atoms with van der Waals surface area (Å²) in [5.41, 5.74) is 1.36. The zero-order valence-electron chi connectivity index (χ0n) is 18.9. The van der Waals surface area contributed by atoms with Gasteiger partial charge in [0.25, 0.3) is 15.6 Å². The van der Waals surface area contributed by atoms with Crippen molar-refractivity contribution in [3.63, 3.8) is 0 Å². The van der Waals surface area contributed by atoms with E-state index in [2.05, 4.69) is 32.8 Å². The fourth-order valence-electron chi connectivity index (χ4n) is 3.96. The summed E-state index contributed by atoms with van der Waals surface area (Å²) in [6.07, 6.45) is 4.97. The van der Waals surface area contributed by atoms with Crippen LogP contribution >= 0.6 is 15.9 Å². The Morgan fingerprint density at radius 1 is 1.27 bits per heavy atom. The molecule has 2 aromatic heterocycles. The molecular weight excluding hydrogens is 504 g/mol. The van der Waals surface area contributed by atoms with Crippen LogP contribution < -0.4 is 21.4 Å². The third kappa shape index (κ3) is 4.22. The summed E-state index contributed by atoms with van der Waals surface area (Å²) >= 11 is 3.35. The summed E-state index contributed by atoms with van der Waals surface area (Å²) in [6.45, 7) is 12.0. The van der Waals surface area contributed by atoms with Gasteiger partial charge in [0.05, 0.1) is 28.0 Å². The van der Waals surface area contributed by atoms with Crippen LogP contribution in [-0.4, -0.2) is 27.5 Å². The van der Waals surface area contributed by atoms with Crippen LogP contribution in [0.3, 0.4) is 0 Å². The summed E-state index contributed by atoms with van der Waals surface area (Å²) in [4.78, 5) is 17.7. The second-order valence-electron chi connectivity index (χ2n) is 8.73. The van der Waals surface area contributed by atoms with Gasteiger partial charge in [-0.25, -0.2) is 17.4 Å².